The molecule has 0 aromatic heterocycles. The van der Waals surface area contributed by atoms with E-state index in [-0.39, 0.29) is 0 Å². The first kappa shape index (κ1) is 12.5. The van der Waals surface area contributed by atoms with Crippen molar-refractivity contribution in [1.82, 2.24) is 0 Å². The maximum Gasteiger partial charge on any atom is 0.120 e. The SMILES string of the molecule is Cc1ccc(O)c(CN(C)c2ccccc2C)c1. The van der Waals surface area contributed by atoms with Crippen LogP contribution in [0.15, 0.2) is 42.5 Å². The minimum absolute atomic E-state index is 0.362. The summed E-state index contributed by atoms with van der Waals surface area (Å²) in [6.07, 6.45) is 0. The van der Waals surface area contributed by atoms with Crippen LogP contribution in [0.2, 0.25) is 0 Å². The number of benzene rings is 2. The maximum absolute atomic E-state index is 9.87. The van der Waals surface area contributed by atoms with Gasteiger partial charge in [-0.2, -0.15) is 0 Å². The smallest absolute Gasteiger partial charge is 0.120 e. The number of para-hydroxylation sites is 1. The molecule has 0 amide bonds. The van der Waals surface area contributed by atoms with Gasteiger partial charge in [0, 0.05) is 24.8 Å². The van der Waals surface area contributed by atoms with Gasteiger partial charge >= 0.3 is 0 Å². The molecule has 0 unspecified atom stereocenters. The van der Waals surface area contributed by atoms with E-state index in [2.05, 4.69) is 24.0 Å². The highest BCUT2D eigenvalue weighted by molar-refractivity contribution is 5.53. The number of aromatic hydroxyl groups is 1. The monoisotopic (exact) mass is 241 g/mol. The lowest BCUT2D eigenvalue weighted by Crippen LogP contribution is -2.17. The molecule has 2 aromatic rings. The van der Waals surface area contributed by atoms with Crippen molar-refractivity contribution in [2.45, 2.75) is 20.4 Å². The summed E-state index contributed by atoms with van der Waals surface area (Å²) in [5.41, 5.74) is 4.56. The molecule has 2 rings (SSSR count). The molecule has 0 saturated carbocycles. The number of hydrogen-bond acceptors (Lipinski definition) is 2. The highest BCUT2D eigenvalue weighted by atomic mass is 16.3. The second kappa shape index (κ2) is 5.13. The second-order valence-corrected chi connectivity index (χ2v) is 4.77. The van der Waals surface area contributed by atoms with Gasteiger partial charge < -0.3 is 10.0 Å². The molecule has 2 heteroatoms. The summed E-state index contributed by atoms with van der Waals surface area (Å²) in [5, 5.41) is 9.87. The summed E-state index contributed by atoms with van der Waals surface area (Å²) in [6.45, 7) is 4.84. The first-order valence-electron chi connectivity index (χ1n) is 6.13. The zero-order valence-electron chi connectivity index (χ0n) is 11.1. The van der Waals surface area contributed by atoms with Crippen LogP contribution in [0.3, 0.4) is 0 Å². The predicted molar refractivity (Wildman–Crippen MR) is 76.1 cm³/mol. The van der Waals surface area contributed by atoms with Crippen molar-refractivity contribution in [2.24, 2.45) is 0 Å². The predicted octanol–water partition coefficient (Wildman–Crippen LogP) is 3.65. The molecule has 94 valence electrons. The molecule has 18 heavy (non-hydrogen) atoms. The van der Waals surface area contributed by atoms with Crippen molar-refractivity contribution in [3.8, 4) is 5.75 Å². The topological polar surface area (TPSA) is 23.5 Å². The molecular weight excluding hydrogens is 222 g/mol. The summed E-state index contributed by atoms with van der Waals surface area (Å²) in [5.74, 6) is 0.362. The van der Waals surface area contributed by atoms with Crippen LogP contribution >= 0.6 is 0 Å². The summed E-state index contributed by atoms with van der Waals surface area (Å²) in [7, 11) is 2.05. The molecule has 0 spiro atoms. The average Bonchev–Trinajstić information content (AvgIpc) is 2.34. The minimum atomic E-state index is 0.362. The lowest BCUT2D eigenvalue weighted by atomic mass is 10.1. The molecule has 0 bridgehead atoms. The number of hydrogen-bond donors (Lipinski definition) is 1. The third-order valence-corrected chi connectivity index (χ3v) is 3.17. The highest BCUT2D eigenvalue weighted by Crippen LogP contribution is 2.24. The zero-order valence-corrected chi connectivity index (χ0v) is 11.1. The molecule has 0 heterocycles. The molecule has 0 radical (unpaired) electrons. The number of phenols is 1. The van der Waals surface area contributed by atoms with E-state index >= 15 is 0 Å². The maximum atomic E-state index is 9.87. The van der Waals surface area contributed by atoms with Gasteiger partial charge in [0.1, 0.15) is 5.75 Å². The Morgan fingerprint density at radius 1 is 1.06 bits per heavy atom. The fourth-order valence-electron chi connectivity index (χ4n) is 2.17. The molecule has 0 aliphatic heterocycles. The fourth-order valence-corrected chi connectivity index (χ4v) is 2.17. The van der Waals surface area contributed by atoms with Gasteiger partial charge in [-0.25, -0.2) is 0 Å². The van der Waals surface area contributed by atoms with E-state index in [0.29, 0.717) is 12.3 Å². The van der Waals surface area contributed by atoms with Crippen molar-refractivity contribution in [1.29, 1.82) is 0 Å². The fraction of sp³-hybridized carbons (Fsp3) is 0.250. The van der Waals surface area contributed by atoms with Gasteiger partial charge in [-0.05, 0) is 31.5 Å². The van der Waals surface area contributed by atoms with Gasteiger partial charge in [0.15, 0.2) is 0 Å². The lowest BCUT2D eigenvalue weighted by Gasteiger charge is -2.22. The van der Waals surface area contributed by atoms with E-state index in [0.717, 1.165) is 5.56 Å². The third-order valence-electron chi connectivity index (χ3n) is 3.17. The van der Waals surface area contributed by atoms with Crippen molar-refractivity contribution in [3.63, 3.8) is 0 Å². The molecule has 0 aliphatic rings. The Morgan fingerprint density at radius 3 is 2.50 bits per heavy atom. The number of aryl methyl sites for hydroxylation is 2. The van der Waals surface area contributed by atoms with Gasteiger partial charge in [-0.15, -0.1) is 0 Å². The van der Waals surface area contributed by atoms with Crippen LogP contribution in [-0.4, -0.2) is 12.2 Å². The molecule has 0 saturated heterocycles. The standard InChI is InChI=1S/C16H19NO/c1-12-8-9-16(18)14(10-12)11-17(3)15-7-5-4-6-13(15)2/h4-10,18H,11H2,1-3H3. The summed E-state index contributed by atoms with van der Waals surface area (Å²) in [4.78, 5) is 2.16. The first-order chi connectivity index (χ1) is 8.58. The Kier molecular flexibility index (Phi) is 3.56. The van der Waals surface area contributed by atoms with Crippen LogP contribution in [0.5, 0.6) is 5.75 Å². The quantitative estimate of drug-likeness (QED) is 0.886. The van der Waals surface area contributed by atoms with E-state index in [4.69, 9.17) is 0 Å². The highest BCUT2D eigenvalue weighted by Gasteiger charge is 2.07. The van der Waals surface area contributed by atoms with E-state index in [9.17, 15) is 5.11 Å². The van der Waals surface area contributed by atoms with Crippen molar-refractivity contribution in [3.05, 3.63) is 59.2 Å². The second-order valence-electron chi connectivity index (χ2n) is 4.77. The van der Waals surface area contributed by atoms with Crippen molar-refractivity contribution in [2.75, 3.05) is 11.9 Å². The summed E-state index contributed by atoms with van der Waals surface area (Å²) >= 11 is 0. The lowest BCUT2D eigenvalue weighted by molar-refractivity contribution is 0.467. The zero-order chi connectivity index (χ0) is 13.1. The summed E-state index contributed by atoms with van der Waals surface area (Å²) in [6, 6.07) is 14.0. The largest absolute Gasteiger partial charge is 0.508 e. The number of phenolic OH excluding ortho intramolecular Hbond substituents is 1. The first-order valence-corrected chi connectivity index (χ1v) is 6.13. The average molecular weight is 241 g/mol. The molecular formula is C16H19NO. The molecule has 1 N–H and O–H groups in total. The van der Waals surface area contributed by atoms with Crippen molar-refractivity contribution >= 4 is 5.69 Å². The van der Waals surface area contributed by atoms with Gasteiger partial charge in [-0.1, -0.05) is 35.9 Å². The number of anilines is 1. The van der Waals surface area contributed by atoms with Gasteiger partial charge in [-0.3, -0.25) is 0 Å². The number of nitrogens with zero attached hydrogens (tertiary/aromatic N) is 1. The molecule has 2 aromatic carbocycles. The molecule has 0 fully saturated rings. The van der Waals surface area contributed by atoms with Crippen molar-refractivity contribution < 1.29 is 5.11 Å². The number of rotatable bonds is 3. The Bertz CT molecular complexity index is 549. The Hall–Kier alpha value is -1.96. The Labute approximate surface area is 109 Å². The molecule has 0 atom stereocenters. The van der Waals surface area contributed by atoms with E-state index in [1.165, 1.54) is 16.8 Å². The van der Waals surface area contributed by atoms with Crippen LogP contribution in [0.25, 0.3) is 0 Å². The van der Waals surface area contributed by atoms with Gasteiger partial charge in [0.25, 0.3) is 0 Å². The van der Waals surface area contributed by atoms with Crippen LogP contribution in [-0.2, 0) is 6.54 Å². The third kappa shape index (κ3) is 2.65. The van der Waals surface area contributed by atoms with Crippen LogP contribution in [0.1, 0.15) is 16.7 Å². The van der Waals surface area contributed by atoms with Gasteiger partial charge in [0.05, 0.1) is 0 Å². The van der Waals surface area contributed by atoms with Crippen LogP contribution < -0.4 is 4.90 Å². The van der Waals surface area contributed by atoms with Gasteiger partial charge in [0.2, 0.25) is 0 Å². The normalized spacial score (nSPS) is 10.4. The van der Waals surface area contributed by atoms with Crippen LogP contribution in [0.4, 0.5) is 5.69 Å². The Morgan fingerprint density at radius 2 is 1.78 bits per heavy atom. The van der Waals surface area contributed by atoms with E-state index < -0.39 is 0 Å². The van der Waals surface area contributed by atoms with E-state index in [1.54, 1.807) is 6.07 Å². The Balaban J connectivity index is 2.24. The summed E-state index contributed by atoms with van der Waals surface area (Å²) < 4.78 is 0. The molecule has 0 aliphatic carbocycles. The van der Waals surface area contributed by atoms with E-state index in [1.807, 2.05) is 38.2 Å². The molecule has 2 nitrogen and oxygen atoms in total. The van der Waals surface area contributed by atoms with Crippen LogP contribution in [0, 0.1) is 13.8 Å². The minimum Gasteiger partial charge on any atom is -0.508 e.